The number of allylic oxidation sites excluding steroid dienone is 2. The first-order chi connectivity index (χ1) is 12.9. The molecule has 0 saturated heterocycles. The van der Waals surface area contributed by atoms with Gasteiger partial charge in [0.05, 0.1) is 16.6 Å². The van der Waals surface area contributed by atoms with Crippen LogP contribution >= 0.6 is 0 Å². The summed E-state index contributed by atoms with van der Waals surface area (Å²) in [4.78, 5) is 0.192. The van der Waals surface area contributed by atoms with E-state index in [0.29, 0.717) is 6.42 Å². The van der Waals surface area contributed by atoms with Crippen LogP contribution in [0.5, 0.6) is 0 Å². The average molecular weight is 393 g/mol. The zero-order chi connectivity index (χ0) is 19.3. The van der Waals surface area contributed by atoms with E-state index in [-0.39, 0.29) is 10.8 Å². The van der Waals surface area contributed by atoms with Gasteiger partial charge in [0.15, 0.2) is 0 Å². The minimum absolute atomic E-state index is 0.127. The van der Waals surface area contributed by atoms with Gasteiger partial charge in [0.1, 0.15) is 0 Å². The van der Waals surface area contributed by atoms with Crippen molar-refractivity contribution >= 4 is 10.1 Å². The molecule has 2 aliphatic carbocycles. The van der Waals surface area contributed by atoms with Gasteiger partial charge in [-0.05, 0) is 64.0 Å². The van der Waals surface area contributed by atoms with Crippen molar-refractivity contribution in [2.45, 2.75) is 87.7 Å². The number of aryl methyl sites for hydroxylation is 1. The summed E-state index contributed by atoms with van der Waals surface area (Å²) in [6, 6.07) is 6.77. The zero-order valence-electron chi connectivity index (χ0n) is 16.3. The summed E-state index contributed by atoms with van der Waals surface area (Å²) < 4.78 is 31.6. The van der Waals surface area contributed by atoms with Crippen LogP contribution in [0.4, 0.5) is 0 Å². The second-order valence-electron chi connectivity index (χ2n) is 8.15. The minimum Gasteiger partial charge on any atom is -0.390 e. The molecule has 1 aromatic carbocycles. The molecule has 1 fully saturated rings. The monoisotopic (exact) mass is 392 g/mol. The molecule has 1 saturated carbocycles. The predicted molar refractivity (Wildman–Crippen MR) is 107 cm³/mol. The van der Waals surface area contributed by atoms with Crippen LogP contribution in [0.25, 0.3) is 0 Å². The predicted octanol–water partition coefficient (Wildman–Crippen LogP) is 4.90. The summed E-state index contributed by atoms with van der Waals surface area (Å²) in [7, 11) is -3.85. The van der Waals surface area contributed by atoms with Crippen molar-refractivity contribution in [3.05, 3.63) is 42.0 Å². The number of benzene rings is 1. The van der Waals surface area contributed by atoms with Crippen molar-refractivity contribution in [1.29, 1.82) is 0 Å². The van der Waals surface area contributed by atoms with Crippen LogP contribution in [0.2, 0.25) is 0 Å². The molecule has 0 radical (unpaired) electrons. The van der Waals surface area contributed by atoms with E-state index in [0.717, 1.165) is 63.4 Å². The molecule has 1 aromatic rings. The number of rotatable bonds is 3. The van der Waals surface area contributed by atoms with Crippen LogP contribution < -0.4 is 0 Å². The highest BCUT2D eigenvalue weighted by Gasteiger charge is 2.44. The Hall–Kier alpha value is -1.17. The van der Waals surface area contributed by atoms with Gasteiger partial charge < -0.3 is 5.11 Å². The lowest BCUT2D eigenvalue weighted by Gasteiger charge is -2.43. The first kappa shape index (κ1) is 20.6. The Kier molecular flexibility index (Phi) is 6.77. The van der Waals surface area contributed by atoms with E-state index in [1.54, 1.807) is 24.3 Å². The quantitative estimate of drug-likeness (QED) is 0.587. The van der Waals surface area contributed by atoms with Gasteiger partial charge in [0.2, 0.25) is 0 Å². The molecule has 3 rings (SSSR count). The standard InChI is InChI=1S/C22H32O4S/c1-18-12-14-19(15-13-18)27(24,25)26-21-11-6-4-2-3-5-8-16-22(23)17-9-7-10-20(21)22/h2,4,12-15,20-21,23H,3,5-11,16-17H2,1H3/b4-2-/t20-,21-,22-/m1/s1. The maximum absolute atomic E-state index is 12.9. The Morgan fingerprint density at radius 3 is 2.37 bits per heavy atom. The topological polar surface area (TPSA) is 63.6 Å². The van der Waals surface area contributed by atoms with Gasteiger partial charge in [0.25, 0.3) is 10.1 Å². The molecule has 0 aromatic heterocycles. The summed E-state index contributed by atoms with van der Waals surface area (Å²) in [6.45, 7) is 1.93. The van der Waals surface area contributed by atoms with Gasteiger partial charge in [-0.15, -0.1) is 0 Å². The fraction of sp³-hybridized carbons (Fsp3) is 0.636. The highest BCUT2D eigenvalue weighted by Crippen LogP contribution is 2.42. The van der Waals surface area contributed by atoms with Crippen LogP contribution in [0.1, 0.15) is 69.8 Å². The molecule has 0 heterocycles. The highest BCUT2D eigenvalue weighted by atomic mass is 32.2. The molecule has 0 aliphatic heterocycles. The van der Waals surface area contributed by atoms with E-state index in [1.165, 1.54) is 0 Å². The smallest absolute Gasteiger partial charge is 0.297 e. The lowest BCUT2D eigenvalue weighted by Crippen LogP contribution is -2.48. The Morgan fingerprint density at radius 2 is 1.63 bits per heavy atom. The summed E-state index contributed by atoms with van der Waals surface area (Å²) in [5, 5.41) is 11.4. The van der Waals surface area contributed by atoms with E-state index in [4.69, 9.17) is 4.18 Å². The SMILES string of the molecule is Cc1ccc(S(=O)(=O)O[C@@H]2CC/C=C\CCCC[C@@]3(O)CCCC[C@H]23)cc1. The zero-order valence-corrected chi connectivity index (χ0v) is 17.1. The first-order valence-corrected chi connectivity index (χ1v) is 11.7. The first-order valence-electron chi connectivity index (χ1n) is 10.3. The van der Waals surface area contributed by atoms with Crippen molar-refractivity contribution in [1.82, 2.24) is 0 Å². The van der Waals surface area contributed by atoms with Gasteiger partial charge >= 0.3 is 0 Å². The average Bonchev–Trinajstić information content (AvgIpc) is 2.66. The molecule has 27 heavy (non-hydrogen) atoms. The molecular formula is C22H32O4S. The fourth-order valence-corrected chi connectivity index (χ4v) is 5.66. The molecule has 0 bridgehead atoms. The molecule has 0 unspecified atom stereocenters. The third kappa shape index (κ3) is 5.21. The van der Waals surface area contributed by atoms with E-state index >= 15 is 0 Å². The Morgan fingerprint density at radius 1 is 0.963 bits per heavy atom. The number of hydrogen-bond acceptors (Lipinski definition) is 4. The van der Waals surface area contributed by atoms with Crippen LogP contribution in [-0.2, 0) is 14.3 Å². The van der Waals surface area contributed by atoms with Crippen molar-refractivity contribution in [2.75, 3.05) is 0 Å². The third-order valence-corrected chi connectivity index (χ3v) is 7.44. The lowest BCUT2D eigenvalue weighted by atomic mass is 9.69. The summed E-state index contributed by atoms with van der Waals surface area (Å²) in [5.41, 5.74) is 0.200. The van der Waals surface area contributed by atoms with Crippen LogP contribution in [0.15, 0.2) is 41.3 Å². The Balaban J connectivity index is 1.86. The molecule has 3 atom stereocenters. The van der Waals surface area contributed by atoms with E-state index < -0.39 is 21.8 Å². The maximum Gasteiger partial charge on any atom is 0.297 e. The fourth-order valence-electron chi connectivity index (χ4n) is 4.52. The van der Waals surface area contributed by atoms with Gasteiger partial charge in [-0.3, -0.25) is 4.18 Å². The largest absolute Gasteiger partial charge is 0.390 e. The van der Waals surface area contributed by atoms with Crippen LogP contribution in [0, 0.1) is 12.8 Å². The second kappa shape index (κ2) is 8.89. The maximum atomic E-state index is 12.9. The number of aliphatic hydroxyl groups is 1. The molecule has 0 amide bonds. The van der Waals surface area contributed by atoms with Crippen molar-refractivity contribution in [3.63, 3.8) is 0 Å². The van der Waals surface area contributed by atoms with Crippen molar-refractivity contribution in [2.24, 2.45) is 5.92 Å². The van der Waals surface area contributed by atoms with E-state index in [9.17, 15) is 13.5 Å². The third-order valence-electron chi connectivity index (χ3n) is 6.09. The summed E-state index contributed by atoms with van der Waals surface area (Å²) in [5.74, 6) is -0.127. The van der Waals surface area contributed by atoms with E-state index in [2.05, 4.69) is 12.2 Å². The molecular weight excluding hydrogens is 360 g/mol. The van der Waals surface area contributed by atoms with Gasteiger partial charge in [0, 0.05) is 5.92 Å². The Bertz CT molecular complexity index is 738. The summed E-state index contributed by atoms with van der Waals surface area (Å²) in [6.07, 6.45) is 12.6. The molecule has 150 valence electrons. The van der Waals surface area contributed by atoms with Crippen LogP contribution in [0.3, 0.4) is 0 Å². The normalized spacial score (nSPS) is 31.5. The van der Waals surface area contributed by atoms with Gasteiger partial charge in [-0.1, -0.05) is 49.1 Å². The molecule has 0 spiro atoms. The Labute approximate surface area is 163 Å². The van der Waals surface area contributed by atoms with Gasteiger partial charge in [-0.25, -0.2) is 0 Å². The highest BCUT2D eigenvalue weighted by molar-refractivity contribution is 7.86. The van der Waals surface area contributed by atoms with E-state index in [1.807, 2.05) is 6.92 Å². The van der Waals surface area contributed by atoms with Gasteiger partial charge in [-0.2, -0.15) is 8.42 Å². The van der Waals surface area contributed by atoms with Crippen molar-refractivity contribution < 1.29 is 17.7 Å². The number of hydrogen-bond donors (Lipinski definition) is 1. The lowest BCUT2D eigenvalue weighted by molar-refractivity contribution is -0.0956. The molecule has 2 aliphatic rings. The molecule has 5 heteroatoms. The second-order valence-corrected chi connectivity index (χ2v) is 9.72. The van der Waals surface area contributed by atoms with Crippen molar-refractivity contribution in [3.8, 4) is 0 Å². The minimum atomic E-state index is -3.85. The number of fused-ring (bicyclic) bond motifs is 1. The molecule has 1 N–H and O–H groups in total. The summed E-state index contributed by atoms with van der Waals surface area (Å²) >= 11 is 0. The molecule has 4 nitrogen and oxygen atoms in total. The van der Waals surface area contributed by atoms with Crippen LogP contribution in [-0.4, -0.2) is 25.2 Å².